The molecule has 1 amide bonds. The lowest BCUT2D eigenvalue weighted by Crippen LogP contribution is -2.36. The first kappa shape index (κ1) is 30.0. The highest BCUT2D eigenvalue weighted by Crippen LogP contribution is 2.37. The number of hydrogen-bond acceptors (Lipinski definition) is 5. The molecule has 2 atom stereocenters. The monoisotopic (exact) mass is 614 g/mol. The van der Waals surface area contributed by atoms with E-state index in [1.807, 2.05) is 0 Å². The van der Waals surface area contributed by atoms with Gasteiger partial charge >= 0.3 is 6.09 Å². The van der Waals surface area contributed by atoms with Gasteiger partial charge in [0.05, 0.1) is 11.7 Å². The first-order valence-corrected chi connectivity index (χ1v) is 14.6. The van der Waals surface area contributed by atoms with Gasteiger partial charge in [-0.25, -0.2) is 31.4 Å². The normalized spacial score (nSPS) is 16.3. The number of halogens is 4. The van der Waals surface area contributed by atoms with Gasteiger partial charge in [0.1, 0.15) is 33.8 Å². The molecule has 0 fully saturated rings. The Bertz CT molecular complexity index is 1410. The summed E-state index contributed by atoms with van der Waals surface area (Å²) in [6.07, 6.45) is -0.880. The zero-order valence-corrected chi connectivity index (χ0v) is 24.4. The Kier molecular flexibility index (Phi) is 8.59. The number of sulfone groups is 1. The Morgan fingerprint density at radius 3 is 2.29 bits per heavy atom. The number of carbonyl (C=O) groups is 1. The SMILES string of the molecule is CC(C)(C)OC(=O)N[C@@H](Cc1cc(F)cc(F)c1)c1nc(C#CC(C)(C)S(C)(=O)=O)c2c(c1Br)CC(F)C2. The number of fused-ring (bicyclic) bond motifs is 1. The van der Waals surface area contributed by atoms with E-state index in [2.05, 4.69) is 38.1 Å². The van der Waals surface area contributed by atoms with E-state index >= 15 is 0 Å². The lowest BCUT2D eigenvalue weighted by Gasteiger charge is -2.25. The van der Waals surface area contributed by atoms with Crippen LogP contribution >= 0.6 is 15.9 Å². The molecule has 1 aliphatic rings. The zero-order chi connectivity index (χ0) is 28.6. The van der Waals surface area contributed by atoms with Crippen molar-refractivity contribution in [3.8, 4) is 11.8 Å². The molecule has 0 radical (unpaired) electrons. The van der Waals surface area contributed by atoms with Gasteiger partial charge in [0.15, 0.2) is 9.84 Å². The molecule has 11 heteroatoms. The quantitative estimate of drug-likeness (QED) is 0.447. The van der Waals surface area contributed by atoms with Crippen molar-refractivity contribution in [2.24, 2.45) is 0 Å². The highest BCUT2D eigenvalue weighted by Gasteiger charge is 2.33. The van der Waals surface area contributed by atoms with Crippen LogP contribution in [-0.4, -0.2) is 42.3 Å². The van der Waals surface area contributed by atoms with E-state index in [1.165, 1.54) is 13.8 Å². The number of rotatable bonds is 5. The largest absolute Gasteiger partial charge is 0.444 e. The number of benzene rings is 1. The summed E-state index contributed by atoms with van der Waals surface area (Å²) in [5.41, 5.74) is 0.971. The van der Waals surface area contributed by atoms with Crippen LogP contribution in [0.15, 0.2) is 22.7 Å². The number of ether oxygens (including phenoxy) is 1. The molecule has 1 aromatic heterocycles. The molecule has 6 nitrogen and oxygen atoms in total. The predicted octanol–water partition coefficient (Wildman–Crippen LogP) is 5.54. The van der Waals surface area contributed by atoms with Crippen molar-refractivity contribution in [3.05, 3.63) is 62.4 Å². The molecule has 1 N–H and O–H groups in total. The van der Waals surface area contributed by atoms with Crippen LogP contribution in [0.3, 0.4) is 0 Å². The Labute approximate surface area is 229 Å². The lowest BCUT2D eigenvalue weighted by molar-refractivity contribution is 0.0502. The van der Waals surface area contributed by atoms with Crippen molar-refractivity contribution in [2.45, 2.75) is 76.4 Å². The van der Waals surface area contributed by atoms with E-state index < -0.39 is 50.1 Å². The molecular weight excluding hydrogens is 585 g/mol. The van der Waals surface area contributed by atoms with E-state index in [0.29, 0.717) is 15.6 Å². The van der Waals surface area contributed by atoms with Gasteiger partial charge in [0, 0.05) is 29.6 Å². The maximum Gasteiger partial charge on any atom is 0.408 e. The molecule has 206 valence electrons. The van der Waals surface area contributed by atoms with Crippen molar-refractivity contribution in [1.29, 1.82) is 0 Å². The number of aromatic nitrogens is 1. The van der Waals surface area contributed by atoms with Crippen LogP contribution in [0.5, 0.6) is 0 Å². The van der Waals surface area contributed by atoms with Gasteiger partial charge in [0.25, 0.3) is 0 Å². The number of nitrogens with one attached hydrogen (secondary N) is 1. The summed E-state index contributed by atoms with van der Waals surface area (Å²) in [6, 6.07) is 2.07. The average Bonchev–Trinajstić information content (AvgIpc) is 3.12. The summed E-state index contributed by atoms with van der Waals surface area (Å²) in [7, 11) is -3.54. The van der Waals surface area contributed by atoms with E-state index in [0.717, 1.165) is 24.5 Å². The van der Waals surface area contributed by atoms with Gasteiger partial charge in [-0.1, -0.05) is 5.92 Å². The maximum atomic E-state index is 14.5. The van der Waals surface area contributed by atoms with Crippen molar-refractivity contribution in [1.82, 2.24) is 10.3 Å². The van der Waals surface area contributed by atoms with Crippen LogP contribution in [0.2, 0.25) is 0 Å². The molecule has 0 spiro atoms. The van der Waals surface area contributed by atoms with E-state index in [-0.39, 0.29) is 36.2 Å². The summed E-state index contributed by atoms with van der Waals surface area (Å²) in [5.74, 6) is 3.98. The third-order valence-corrected chi connectivity index (χ3v) is 8.86. The molecule has 0 saturated carbocycles. The summed E-state index contributed by atoms with van der Waals surface area (Å²) < 4.78 is 71.2. The smallest absolute Gasteiger partial charge is 0.408 e. The van der Waals surface area contributed by atoms with Crippen molar-refractivity contribution in [2.75, 3.05) is 6.26 Å². The summed E-state index contributed by atoms with van der Waals surface area (Å²) in [4.78, 5) is 17.4. The second-order valence-electron chi connectivity index (χ2n) is 10.8. The maximum absolute atomic E-state index is 14.5. The number of pyridine rings is 1. The molecule has 1 aliphatic carbocycles. The second-order valence-corrected chi connectivity index (χ2v) is 14.2. The van der Waals surface area contributed by atoms with E-state index in [4.69, 9.17) is 4.74 Å². The highest BCUT2D eigenvalue weighted by atomic mass is 79.9. The van der Waals surface area contributed by atoms with Crippen LogP contribution in [-0.2, 0) is 33.8 Å². The summed E-state index contributed by atoms with van der Waals surface area (Å²) in [5, 5.41) is 2.71. The minimum Gasteiger partial charge on any atom is -0.444 e. The van der Waals surface area contributed by atoms with E-state index in [1.54, 1.807) is 20.8 Å². The third-order valence-electron chi connectivity index (χ3n) is 6.02. The van der Waals surface area contributed by atoms with Crippen molar-refractivity contribution in [3.63, 3.8) is 0 Å². The summed E-state index contributed by atoms with van der Waals surface area (Å²) in [6.45, 7) is 7.97. The fourth-order valence-electron chi connectivity index (χ4n) is 3.88. The van der Waals surface area contributed by atoms with E-state index in [9.17, 15) is 26.4 Å². The highest BCUT2D eigenvalue weighted by molar-refractivity contribution is 9.10. The van der Waals surface area contributed by atoms with Crippen molar-refractivity contribution >= 4 is 31.9 Å². The molecule has 38 heavy (non-hydrogen) atoms. The first-order valence-electron chi connectivity index (χ1n) is 11.9. The third kappa shape index (κ3) is 7.29. The molecule has 0 bridgehead atoms. The Morgan fingerprint density at radius 2 is 1.74 bits per heavy atom. The van der Waals surface area contributed by atoms with Gasteiger partial charge in [0.2, 0.25) is 0 Å². The molecule has 1 unspecified atom stereocenters. The number of alkyl carbamates (subject to hydrolysis) is 1. The standard InChI is InChI=1S/C27H30BrF3N2O4S/c1-26(2,3)37-25(34)33-22(11-15-9-16(29)12-17(30)10-15)24-23(28)20-14-18(31)13-19(20)21(32-24)7-8-27(4,5)38(6,35)36/h9-10,12,18,22H,11,13-14H2,1-6H3,(H,33,34)/t18?,22-/m0/s1. The minimum absolute atomic E-state index is 0.0454. The topological polar surface area (TPSA) is 85.4 Å². The number of amides is 1. The van der Waals surface area contributed by atoms with Gasteiger partial charge in [-0.2, -0.15) is 0 Å². The molecule has 0 aliphatic heterocycles. The minimum atomic E-state index is -3.54. The molecule has 0 saturated heterocycles. The number of alkyl halides is 1. The van der Waals surface area contributed by atoms with Crippen LogP contribution < -0.4 is 5.32 Å². The fraction of sp³-hybridized carbons (Fsp3) is 0.481. The number of carbonyl (C=O) groups excluding carboxylic acids is 1. The molecule has 1 aromatic carbocycles. The second kappa shape index (κ2) is 10.9. The van der Waals surface area contributed by atoms with Gasteiger partial charge in [-0.3, -0.25) is 0 Å². The molecule has 3 rings (SSSR count). The van der Waals surface area contributed by atoms with Crippen molar-refractivity contribution < 1.29 is 31.1 Å². The summed E-state index contributed by atoms with van der Waals surface area (Å²) >= 11 is 3.50. The molecule has 2 aromatic rings. The fourth-order valence-corrected chi connectivity index (χ4v) is 4.88. The first-order chi connectivity index (χ1) is 17.4. The van der Waals surface area contributed by atoms with Crippen LogP contribution in [0.4, 0.5) is 18.0 Å². The zero-order valence-electron chi connectivity index (χ0n) is 22.0. The number of nitrogens with zero attached hydrogens (tertiary/aromatic N) is 1. The molecular formula is C27H30BrF3N2O4S. The van der Waals surface area contributed by atoms with Crippen LogP contribution in [0, 0.1) is 23.5 Å². The Balaban J connectivity index is 2.17. The van der Waals surface area contributed by atoms with Gasteiger partial charge < -0.3 is 10.1 Å². The Morgan fingerprint density at radius 1 is 1.16 bits per heavy atom. The van der Waals surface area contributed by atoms with Crippen LogP contribution in [0.1, 0.15) is 68.7 Å². The van der Waals surface area contributed by atoms with Crippen LogP contribution in [0.25, 0.3) is 0 Å². The number of hydrogen-bond donors (Lipinski definition) is 1. The lowest BCUT2D eigenvalue weighted by atomic mass is 9.99. The Hall–Kier alpha value is -2.58. The predicted molar refractivity (Wildman–Crippen MR) is 142 cm³/mol. The molecule has 1 heterocycles. The average molecular weight is 616 g/mol. The van der Waals surface area contributed by atoms with Gasteiger partial charge in [-0.05, 0) is 91.7 Å². The van der Waals surface area contributed by atoms with Gasteiger partial charge in [-0.15, -0.1) is 0 Å².